The molecule has 1 aliphatic heterocycles. The average Bonchev–Trinajstić information content (AvgIpc) is 2.56. The number of hydrogen-bond donors (Lipinski definition) is 1. The molecule has 1 fully saturated rings. The minimum atomic E-state index is 0.463. The van der Waals surface area contributed by atoms with E-state index in [9.17, 15) is 5.26 Å². The van der Waals surface area contributed by atoms with E-state index in [1.807, 2.05) is 18.2 Å². The van der Waals surface area contributed by atoms with Gasteiger partial charge in [-0.25, -0.2) is 0 Å². The van der Waals surface area contributed by atoms with Crippen molar-refractivity contribution >= 4 is 16.5 Å². The molecule has 0 aliphatic carbocycles. The molecule has 0 aromatic heterocycles. The van der Waals surface area contributed by atoms with Gasteiger partial charge in [-0.05, 0) is 38.4 Å². The van der Waals surface area contributed by atoms with E-state index in [4.69, 9.17) is 0 Å². The van der Waals surface area contributed by atoms with E-state index in [2.05, 4.69) is 48.3 Å². The van der Waals surface area contributed by atoms with Crippen LogP contribution in [0.1, 0.15) is 32.3 Å². The van der Waals surface area contributed by atoms with Crippen LogP contribution in [0.4, 0.5) is 5.69 Å². The fourth-order valence-electron chi connectivity index (χ4n) is 3.65. The van der Waals surface area contributed by atoms with Gasteiger partial charge in [-0.15, -0.1) is 0 Å². The van der Waals surface area contributed by atoms with Gasteiger partial charge in [0, 0.05) is 35.1 Å². The molecule has 0 bridgehead atoms. The Balaban J connectivity index is 2.05. The molecule has 0 spiro atoms. The van der Waals surface area contributed by atoms with Crippen LogP contribution in [0, 0.1) is 11.3 Å². The van der Waals surface area contributed by atoms with Crippen LogP contribution in [0.5, 0.6) is 0 Å². The lowest BCUT2D eigenvalue weighted by atomic mass is 9.94. The van der Waals surface area contributed by atoms with E-state index in [1.54, 1.807) is 0 Å². The highest BCUT2D eigenvalue weighted by Crippen LogP contribution is 2.33. The van der Waals surface area contributed by atoms with Crippen molar-refractivity contribution in [3.63, 3.8) is 0 Å². The maximum Gasteiger partial charge on any atom is 0.0998 e. The number of likely N-dealkylation sites (N-methyl/N-ethyl adjacent to an activating group) is 1. The van der Waals surface area contributed by atoms with Crippen LogP contribution in [-0.4, -0.2) is 25.2 Å². The Morgan fingerprint density at radius 3 is 2.73 bits per heavy atom. The molecule has 2 atom stereocenters. The molecular formula is C19H23N3. The molecule has 2 aromatic carbocycles. The third-order valence-corrected chi connectivity index (χ3v) is 4.79. The number of anilines is 1. The molecule has 1 N–H and O–H groups in total. The van der Waals surface area contributed by atoms with Gasteiger partial charge in [0.2, 0.25) is 0 Å². The van der Waals surface area contributed by atoms with Crippen LogP contribution in [0.2, 0.25) is 0 Å². The number of fused-ring (bicyclic) bond motifs is 1. The number of nitrogens with zero attached hydrogens (tertiary/aromatic N) is 2. The van der Waals surface area contributed by atoms with Gasteiger partial charge in [-0.1, -0.05) is 31.2 Å². The van der Waals surface area contributed by atoms with Gasteiger partial charge in [0.05, 0.1) is 11.6 Å². The van der Waals surface area contributed by atoms with Crippen molar-refractivity contribution < 1.29 is 0 Å². The first-order valence-electron chi connectivity index (χ1n) is 8.18. The summed E-state index contributed by atoms with van der Waals surface area (Å²) in [4.78, 5) is 2.50. The summed E-state index contributed by atoms with van der Waals surface area (Å²) in [6, 6.07) is 15.6. The maximum absolute atomic E-state index is 9.33. The third-order valence-electron chi connectivity index (χ3n) is 4.79. The summed E-state index contributed by atoms with van der Waals surface area (Å²) in [5.74, 6) is 0. The molecule has 1 saturated heterocycles. The van der Waals surface area contributed by atoms with Crippen molar-refractivity contribution in [2.24, 2.45) is 0 Å². The van der Waals surface area contributed by atoms with Gasteiger partial charge in [0.25, 0.3) is 0 Å². The largest absolute Gasteiger partial charge is 0.367 e. The van der Waals surface area contributed by atoms with Crippen LogP contribution in [0.15, 0.2) is 36.4 Å². The summed E-state index contributed by atoms with van der Waals surface area (Å²) in [7, 11) is 0. The van der Waals surface area contributed by atoms with Crippen LogP contribution >= 0.6 is 0 Å². The Bertz CT molecular complexity index is 699. The van der Waals surface area contributed by atoms with Crippen molar-refractivity contribution in [3.8, 4) is 6.07 Å². The van der Waals surface area contributed by atoms with Gasteiger partial charge >= 0.3 is 0 Å². The maximum atomic E-state index is 9.33. The van der Waals surface area contributed by atoms with Gasteiger partial charge in [-0.3, -0.25) is 0 Å². The number of piperidine rings is 1. The number of rotatable bonds is 3. The highest BCUT2D eigenvalue weighted by molar-refractivity contribution is 5.98. The molecular weight excluding hydrogens is 270 g/mol. The summed E-state index contributed by atoms with van der Waals surface area (Å²) in [6.45, 7) is 6.57. The zero-order chi connectivity index (χ0) is 15.5. The van der Waals surface area contributed by atoms with Crippen molar-refractivity contribution in [2.45, 2.75) is 38.8 Å². The van der Waals surface area contributed by atoms with E-state index in [-0.39, 0.29) is 0 Å². The molecule has 2 aromatic rings. The molecule has 3 nitrogen and oxygen atoms in total. The molecule has 1 aliphatic rings. The van der Waals surface area contributed by atoms with Crippen molar-refractivity contribution in [1.29, 1.82) is 5.26 Å². The van der Waals surface area contributed by atoms with Crippen LogP contribution in [0.25, 0.3) is 10.8 Å². The molecule has 1 heterocycles. The summed E-state index contributed by atoms with van der Waals surface area (Å²) in [5, 5.41) is 15.2. The monoisotopic (exact) mass is 293 g/mol. The van der Waals surface area contributed by atoms with E-state index < -0.39 is 0 Å². The summed E-state index contributed by atoms with van der Waals surface area (Å²) in [5.41, 5.74) is 2.01. The SMILES string of the molecule is CCNC1CCCN(c2ccc(C#N)c3ccccc23)C1C. The topological polar surface area (TPSA) is 39.1 Å². The van der Waals surface area contributed by atoms with Gasteiger partial charge < -0.3 is 10.2 Å². The highest BCUT2D eigenvalue weighted by atomic mass is 15.2. The lowest BCUT2D eigenvalue weighted by molar-refractivity contribution is 0.362. The average molecular weight is 293 g/mol. The van der Waals surface area contributed by atoms with E-state index >= 15 is 0 Å². The van der Waals surface area contributed by atoms with E-state index in [0.717, 1.165) is 24.0 Å². The minimum absolute atomic E-state index is 0.463. The molecule has 114 valence electrons. The Kier molecular flexibility index (Phi) is 4.31. The first-order valence-corrected chi connectivity index (χ1v) is 8.18. The molecule has 22 heavy (non-hydrogen) atoms. The Morgan fingerprint density at radius 1 is 1.23 bits per heavy atom. The Morgan fingerprint density at radius 2 is 2.00 bits per heavy atom. The van der Waals surface area contributed by atoms with Crippen molar-refractivity contribution in [1.82, 2.24) is 5.32 Å². The van der Waals surface area contributed by atoms with Gasteiger partial charge in [0.1, 0.15) is 0 Å². The molecule has 0 amide bonds. The minimum Gasteiger partial charge on any atom is -0.367 e. The predicted octanol–water partition coefficient (Wildman–Crippen LogP) is 3.68. The summed E-state index contributed by atoms with van der Waals surface area (Å²) < 4.78 is 0. The number of nitriles is 1. The third kappa shape index (κ3) is 2.55. The lowest BCUT2D eigenvalue weighted by Gasteiger charge is -2.42. The standard InChI is InChI=1S/C19H23N3/c1-3-21-18-9-6-12-22(14(18)2)19-11-10-15(13-20)16-7-4-5-8-17(16)19/h4-5,7-8,10-11,14,18,21H,3,6,9,12H2,1-2H3. The van der Waals surface area contributed by atoms with Gasteiger partial charge in [0.15, 0.2) is 0 Å². The van der Waals surface area contributed by atoms with Crippen LogP contribution < -0.4 is 10.2 Å². The second-order valence-corrected chi connectivity index (χ2v) is 6.03. The normalized spacial score (nSPS) is 21.8. The predicted molar refractivity (Wildman–Crippen MR) is 92.2 cm³/mol. The fraction of sp³-hybridized carbons (Fsp3) is 0.421. The zero-order valence-corrected chi connectivity index (χ0v) is 13.3. The van der Waals surface area contributed by atoms with Gasteiger partial charge in [-0.2, -0.15) is 5.26 Å². The zero-order valence-electron chi connectivity index (χ0n) is 13.3. The van der Waals surface area contributed by atoms with E-state index in [1.165, 1.54) is 23.9 Å². The fourth-order valence-corrected chi connectivity index (χ4v) is 3.65. The quantitative estimate of drug-likeness (QED) is 0.938. The second kappa shape index (κ2) is 6.37. The molecule has 3 heteroatoms. The Hall–Kier alpha value is -2.05. The van der Waals surface area contributed by atoms with E-state index in [0.29, 0.717) is 12.1 Å². The summed E-state index contributed by atoms with van der Waals surface area (Å²) >= 11 is 0. The number of hydrogen-bond acceptors (Lipinski definition) is 3. The molecule has 0 saturated carbocycles. The molecule has 2 unspecified atom stereocenters. The summed E-state index contributed by atoms with van der Waals surface area (Å²) in [6.07, 6.45) is 2.44. The lowest BCUT2D eigenvalue weighted by Crippen LogP contribution is -2.52. The number of benzene rings is 2. The van der Waals surface area contributed by atoms with Crippen molar-refractivity contribution in [3.05, 3.63) is 42.0 Å². The first kappa shape index (κ1) is 14.9. The molecule has 3 rings (SSSR count). The Labute approximate surface area is 132 Å². The highest BCUT2D eigenvalue weighted by Gasteiger charge is 2.28. The second-order valence-electron chi connectivity index (χ2n) is 6.03. The first-order chi connectivity index (χ1) is 10.8. The number of nitrogens with one attached hydrogen (secondary N) is 1. The smallest absolute Gasteiger partial charge is 0.0998 e. The van der Waals surface area contributed by atoms with Crippen LogP contribution in [0.3, 0.4) is 0 Å². The molecule has 0 radical (unpaired) electrons. The van der Waals surface area contributed by atoms with Crippen LogP contribution in [-0.2, 0) is 0 Å². The van der Waals surface area contributed by atoms with Crippen molar-refractivity contribution in [2.75, 3.05) is 18.0 Å².